The van der Waals surface area contributed by atoms with Gasteiger partial charge in [-0.2, -0.15) is 0 Å². The smallest absolute Gasteiger partial charge is 0.324 e. The number of hydrogen-bond acceptors (Lipinski definition) is 5. The summed E-state index contributed by atoms with van der Waals surface area (Å²) in [5.74, 6) is -0.0338. The summed E-state index contributed by atoms with van der Waals surface area (Å²) >= 11 is 0. The molecule has 0 saturated carbocycles. The van der Waals surface area contributed by atoms with E-state index in [1.54, 1.807) is 12.1 Å². The lowest BCUT2D eigenvalue weighted by Gasteiger charge is -2.26. The minimum Gasteiger partial charge on any atom is -0.379 e. The number of aryl methyl sites for hydroxylation is 1. The Morgan fingerprint density at radius 1 is 1.10 bits per heavy atom. The van der Waals surface area contributed by atoms with Crippen molar-refractivity contribution < 1.29 is 14.3 Å². The van der Waals surface area contributed by atoms with Gasteiger partial charge in [-0.3, -0.25) is 15.0 Å². The Labute approximate surface area is 170 Å². The molecule has 0 aliphatic carbocycles. The number of aromatic nitrogens is 1. The molecule has 1 fully saturated rings. The fourth-order valence-electron chi connectivity index (χ4n) is 3.02. The number of nitrogens with zero attached hydrogens (tertiary/aromatic N) is 2. The van der Waals surface area contributed by atoms with Gasteiger partial charge in [-0.05, 0) is 44.2 Å². The van der Waals surface area contributed by atoms with Gasteiger partial charge in [-0.15, -0.1) is 0 Å². The van der Waals surface area contributed by atoms with Crippen LogP contribution in [0.3, 0.4) is 0 Å². The van der Waals surface area contributed by atoms with Gasteiger partial charge in [0.05, 0.1) is 18.8 Å². The number of carbonyl (C=O) groups is 2. The third kappa shape index (κ3) is 6.55. The van der Waals surface area contributed by atoms with Crippen LogP contribution in [0.25, 0.3) is 0 Å². The van der Waals surface area contributed by atoms with Crippen molar-refractivity contribution in [3.63, 3.8) is 0 Å². The van der Waals surface area contributed by atoms with Gasteiger partial charge in [-0.1, -0.05) is 17.7 Å². The largest absolute Gasteiger partial charge is 0.379 e. The summed E-state index contributed by atoms with van der Waals surface area (Å²) in [5.41, 5.74) is 2.10. The lowest BCUT2D eigenvalue weighted by Crippen LogP contribution is -2.38. The molecular formula is C21H27N5O3. The third-order valence-electron chi connectivity index (χ3n) is 4.63. The van der Waals surface area contributed by atoms with E-state index in [1.165, 1.54) is 6.20 Å². The highest BCUT2D eigenvalue weighted by Crippen LogP contribution is 2.13. The second-order valence-electron chi connectivity index (χ2n) is 6.91. The van der Waals surface area contributed by atoms with Gasteiger partial charge in [0.2, 0.25) is 0 Å². The maximum absolute atomic E-state index is 12.5. The summed E-state index contributed by atoms with van der Waals surface area (Å²) in [5, 5.41) is 8.29. The van der Waals surface area contributed by atoms with Crippen molar-refractivity contribution >= 4 is 23.4 Å². The highest BCUT2D eigenvalue weighted by Gasteiger charge is 2.15. The standard InChI is InChI=1S/C21H27N5O3/c1-16-5-7-17(8-6-16)24-21(28)25-19-18(4-2-9-22-19)20(27)23-10-3-11-26-12-14-29-15-13-26/h2,4-9H,3,10-15H2,1H3,(H,23,27)(H2,22,24,25,28). The molecule has 3 N–H and O–H groups in total. The molecule has 2 aromatic rings. The van der Waals surface area contributed by atoms with Crippen molar-refractivity contribution in [1.82, 2.24) is 15.2 Å². The van der Waals surface area contributed by atoms with Gasteiger partial charge in [-0.25, -0.2) is 9.78 Å². The number of benzene rings is 1. The van der Waals surface area contributed by atoms with Gasteiger partial charge >= 0.3 is 6.03 Å². The maximum atomic E-state index is 12.5. The highest BCUT2D eigenvalue weighted by atomic mass is 16.5. The van der Waals surface area contributed by atoms with Gasteiger partial charge in [0.1, 0.15) is 5.82 Å². The molecule has 29 heavy (non-hydrogen) atoms. The molecular weight excluding hydrogens is 370 g/mol. The van der Waals surface area contributed by atoms with E-state index in [2.05, 4.69) is 25.8 Å². The quantitative estimate of drug-likeness (QED) is 0.624. The predicted octanol–water partition coefficient (Wildman–Crippen LogP) is 2.49. The second-order valence-corrected chi connectivity index (χ2v) is 6.91. The Kier molecular flexibility index (Phi) is 7.54. The van der Waals surface area contributed by atoms with E-state index in [0.29, 0.717) is 17.8 Å². The summed E-state index contributed by atoms with van der Waals surface area (Å²) < 4.78 is 5.33. The van der Waals surface area contributed by atoms with Gasteiger partial charge in [0.15, 0.2) is 0 Å². The fraction of sp³-hybridized carbons (Fsp3) is 0.381. The van der Waals surface area contributed by atoms with Crippen LogP contribution in [0.15, 0.2) is 42.6 Å². The molecule has 3 rings (SSSR count). The third-order valence-corrected chi connectivity index (χ3v) is 4.63. The topological polar surface area (TPSA) is 95.6 Å². The average molecular weight is 397 g/mol. The Hall–Kier alpha value is -2.97. The van der Waals surface area contributed by atoms with Crippen molar-refractivity contribution in [1.29, 1.82) is 0 Å². The van der Waals surface area contributed by atoms with Crippen LogP contribution in [0.1, 0.15) is 22.3 Å². The molecule has 3 amide bonds. The number of anilines is 2. The zero-order chi connectivity index (χ0) is 20.5. The lowest BCUT2D eigenvalue weighted by atomic mass is 10.2. The molecule has 0 bridgehead atoms. The summed E-state index contributed by atoms with van der Waals surface area (Å²) in [6, 6.07) is 10.3. The maximum Gasteiger partial charge on any atom is 0.324 e. The van der Waals surface area contributed by atoms with E-state index in [4.69, 9.17) is 4.74 Å². The molecule has 0 radical (unpaired) electrons. The predicted molar refractivity (Wildman–Crippen MR) is 112 cm³/mol. The van der Waals surface area contributed by atoms with Crippen LogP contribution in [0.4, 0.5) is 16.3 Å². The molecule has 1 saturated heterocycles. The van der Waals surface area contributed by atoms with E-state index in [9.17, 15) is 9.59 Å². The fourth-order valence-corrected chi connectivity index (χ4v) is 3.02. The normalized spacial score (nSPS) is 14.2. The first-order valence-corrected chi connectivity index (χ1v) is 9.80. The minimum atomic E-state index is -0.450. The van der Waals surface area contributed by atoms with Crippen LogP contribution >= 0.6 is 0 Å². The summed E-state index contributed by atoms with van der Waals surface area (Å²) in [6.07, 6.45) is 2.39. The van der Waals surface area contributed by atoms with Gasteiger partial charge in [0, 0.05) is 31.5 Å². The van der Waals surface area contributed by atoms with E-state index in [1.807, 2.05) is 31.2 Å². The second kappa shape index (κ2) is 10.5. The first-order chi connectivity index (χ1) is 14.1. The molecule has 1 aromatic heterocycles. The highest BCUT2D eigenvalue weighted by molar-refractivity contribution is 6.05. The molecule has 0 atom stereocenters. The number of rotatable bonds is 7. The van der Waals surface area contributed by atoms with Gasteiger partial charge in [0.25, 0.3) is 5.91 Å². The van der Waals surface area contributed by atoms with E-state index < -0.39 is 6.03 Å². The number of urea groups is 1. The van der Waals surface area contributed by atoms with Crippen LogP contribution in [0, 0.1) is 6.92 Å². The van der Waals surface area contributed by atoms with Crippen LogP contribution < -0.4 is 16.0 Å². The number of nitrogens with one attached hydrogen (secondary N) is 3. The van der Waals surface area contributed by atoms with Crippen LogP contribution in [0.5, 0.6) is 0 Å². The molecule has 2 heterocycles. The number of hydrogen-bond donors (Lipinski definition) is 3. The number of ether oxygens (including phenoxy) is 1. The number of pyridine rings is 1. The SMILES string of the molecule is Cc1ccc(NC(=O)Nc2ncccc2C(=O)NCCCN2CCOCC2)cc1. The zero-order valence-corrected chi connectivity index (χ0v) is 16.6. The monoisotopic (exact) mass is 397 g/mol. The minimum absolute atomic E-state index is 0.225. The van der Waals surface area contributed by atoms with E-state index in [0.717, 1.165) is 44.8 Å². The van der Waals surface area contributed by atoms with Crippen LogP contribution in [-0.4, -0.2) is 61.2 Å². The Bertz CT molecular complexity index is 819. The molecule has 0 spiro atoms. The first-order valence-electron chi connectivity index (χ1n) is 9.80. The Balaban J connectivity index is 1.50. The molecule has 154 valence electrons. The number of morpholine rings is 1. The average Bonchev–Trinajstić information content (AvgIpc) is 2.74. The number of amides is 3. The van der Waals surface area contributed by atoms with E-state index in [-0.39, 0.29) is 11.7 Å². The first kappa shape index (κ1) is 20.8. The molecule has 8 nitrogen and oxygen atoms in total. The lowest BCUT2D eigenvalue weighted by molar-refractivity contribution is 0.0374. The molecule has 1 aromatic carbocycles. The zero-order valence-electron chi connectivity index (χ0n) is 16.6. The molecule has 1 aliphatic rings. The van der Waals surface area contributed by atoms with Gasteiger partial charge < -0.3 is 15.4 Å². The van der Waals surface area contributed by atoms with E-state index >= 15 is 0 Å². The Morgan fingerprint density at radius 2 is 1.86 bits per heavy atom. The summed E-state index contributed by atoms with van der Waals surface area (Å²) in [6.45, 7) is 6.84. The number of carbonyl (C=O) groups excluding carboxylic acids is 2. The Morgan fingerprint density at radius 3 is 2.62 bits per heavy atom. The molecule has 8 heteroatoms. The van der Waals surface area contributed by atoms with Crippen molar-refractivity contribution in [3.05, 3.63) is 53.7 Å². The summed E-state index contributed by atoms with van der Waals surface area (Å²) in [4.78, 5) is 31.3. The van der Waals surface area contributed by atoms with Crippen LogP contribution in [-0.2, 0) is 4.74 Å². The van der Waals surface area contributed by atoms with Crippen molar-refractivity contribution in [3.8, 4) is 0 Å². The van der Waals surface area contributed by atoms with Crippen LogP contribution in [0.2, 0.25) is 0 Å². The molecule has 0 unspecified atom stereocenters. The van der Waals surface area contributed by atoms with Crippen molar-refractivity contribution in [2.45, 2.75) is 13.3 Å². The van der Waals surface area contributed by atoms with Crippen molar-refractivity contribution in [2.75, 3.05) is 50.0 Å². The molecule has 1 aliphatic heterocycles. The van der Waals surface area contributed by atoms with Crippen molar-refractivity contribution in [2.24, 2.45) is 0 Å². The summed E-state index contributed by atoms with van der Waals surface area (Å²) in [7, 11) is 0.